The van der Waals surface area contributed by atoms with Crippen LogP contribution in [0.25, 0.3) is 0 Å². The molecule has 0 aliphatic carbocycles. The second-order valence-corrected chi connectivity index (χ2v) is 4.44. The van der Waals surface area contributed by atoms with E-state index in [4.69, 9.17) is 10.0 Å². The van der Waals surface area contributed by atoms with E-state index in [1.54, 1.807) is 12.1 Å². The molecule has 0 amide bonds. The van der Waals surface area contributed by atoms with Crippen LogP contribution < -0.4 is 5.46 Å². The van der Waals surface area contributed by atoms with E-state index in [2.05, 4.69) is 0 Å². The van der Waals surface area contributed by atoms with E-state index < -0.39 is 19.8 Å². The minimum absolute atomic E-state index is 0.133. The molecule has 0 saturated carbocycles. The smallest absolute Gasteiger partial charge is 0.423 e. The molecule has 0 unspecified atom stereocenters. The van der Waals surface area contributed by atoms with Gasteiger partial charge in [0, 0.05) is 6.54 Å². The van der Waals surface area contributed by atoms with Crippen LogP contribution in [0.5, 0.6) is 0 Å². The van der Waals surface area contributed by atoms with Gasteiger partial charge in [-0.1, -0.05) is 31.2 Å². The molecule has 1 aromatic rings. The van der Waals surface area contributed by atoms with Gasteiger partial charge in [0.05, 0.1) is 6.54 Å². The van der Waals surface area contributed by atoms with Crippen LogP contribution >= 0.6 is 0 Å². The summed E-state index contributed by atoms with van der Waals surface area (Å²) in [4.78, 5) is 1.29. The summed E-state index contributed by atoms with van der Waals surface area (Å²) in [6.45, 7) is 1.32. The lowest BCUT2D eigenvalue weighted by Crippen LogP contribution is -2.35. The van der Waals surface area contributed by atoms with Crippen molar-refractivity contribution in [2.75, 3.05) is 13.1 Å². The molecule has 1 rings (SSSR count). The molecule has 0 aromatic heterocycles. The zero-order chi connectivity index (χ0) is 14.5. The third-order valence-corrected chi connectivity index (χ3v) is 2.60. The molecule has 2 N–H and O–H groups in total. The molecule has 3 nitrogen and oxygen atoms in total. The van der Waals surface area contributed by atoms with Gasteiger partial charge in [-0.25, -0.2) is 0 Å². The number of hydrogen-bond donors (Lipinski definition) is 2. The van der Waals surface area contributed by atoms with E-state index in [1.165, 1.54) is 17.0 Å². The van der Waals surface area contributed by atoms with Crippen LogP contribution in [0.3, 0.4) is 0 Å². The average molecular weight is 275 g/mol. The highest BCUT2D eigenvalue weighted by atomic mass is 19.4. The van der Waals surface area contributed by atoms with E-state index in [-0.39, 0.29) is 12.0 Å². The van der Waals surface area contributed by atoms with Gasteiger partial charge in [0.2, 0.25) is 0 Å². The van der Waals surface area contributed by atoms with E-state index in [0.717, 1.165) is 0 Å². The third-order valence-electron chi connectivity index (χ3n) is 2.60. The lowest BCUT2D eigenvalue weighted by molar-refractivity contribution is -0.147. The third kappa shape index (κ3) is 6.09. The summed E-state index contributed by atoms with van der Waals surface area (Å²) in [6, 6.07) is 6.29. The number of nitrogens with zero attached hydrogens (tertiary/aromatic N) is 1. The second kappa shape index (κ2) is 6.93. The van der Waals surface area contributed by atoms with Crippen molar-refractivity contribution < 1.29 is 23.2 Å². The van der Waals surface area contributed by atoms with Crippen LogP contribution in [0.4, 0.5) is 13.2 Å². The molecule has 7 heteroatoms. The molecule has 0 fully saturated rings. The number of hydrogen-bond acceptors (Lipinski definition) is 3. The molecule has 0 heterocycles. The van der Waals surface area contributed by atoms with Crippen LogP contribution in [0.2, 0.25) is 0 Å². The van der Waals surface area contributed by atoms with Crippen LogP contribution in [0, 0.1) is 0 Å². The summed E-state index contributed by atoms with van der Waals surface area (Å²) in [5.74, 6) is 0. The Kier molecular flexibility index (Phi) is 5.84. The molecule has 0 bridgehead atoms. The fourth-order valence-electron chi connectivity index (χ4n) is 1.89. The van der Waals surface area contributed by atoms with Crippen LogP contribution in [-0.4, -0.2) is 41.3 Å². The maximum absolute atomic E-state index is 12.4. The lowest BCUT2D eigenvalue weighted by atomic mass is 9.79. The van der Waals surface area contributed by atoms with Gasteiger partial charge in [-0.15, -0.1) is 0 Å². The molecular formula is C12H17BF3NO2. The Balaban J connectivity index is 2.75. The summed E-state index contributed by atoms with van der Waals surface area (Å²) in [5, 5.41) is 18.1. The Morgan fingerprint density at radius 3 is 2.47 bits per heavy atom. The number of halogens is 3. The van der Waals surface area contributed by atoms with Crippen molar-refractivity contribution in [3.63, 3.8) is 0 Å². The second-order valence-electron chi connectivity index (χ2n) is 4.44. The Labute approximate surface area is 110 Å². The Morgan fingerprint density at radius 2 is 1.95 bits per heavy atom. The molecule has 19 heavy (non-hydrogen) atoms. The fourth-order valence-corrected chi connectivity index (χ4v) is 1.89. The Bertz CT molecular complexity index is 399. The van der Waals surface area contributed by atoms with Crippen LogP contribution in [0.1, 0.15) is 18.9 Å². The molecule has 0 radical (unpaired) electrons. The van der Waals surface area contributed by atoms with E-state index in [0.29, 0.717) is 18.5 Å². The molecule has 0 spiro atoms. The van der Waals surface area contributed by atoms with Crippen LogP contribution in [0.15, 0.2) is 24.3 Å². The van der Waals surface area contributed by atoms with Gasteiger partial charge in [0.25, 0.3) is 0 Å². The van der Waals surface area contributed by atoms with Gasteiger partial charge in [-0.2, -0.15) is 13.2 Å². The minimum atomic E-state index is -4.23. The highest BCUT2D eigenvalue weighted by Gasteiger charge is 2.30. The van der Waals surface area contributed by atoms with Gasteiger partial charge < -0.3 is 10.0 Å². The van der Waals surface area contributed by atoms with Gasteiger partial charge in [0.1, 0.15) is 0 Å². The van der Waals surface area contributed by atoms with E-state index in [9.17, 15) is 13.2 Å². The predicted octanol–water partition coefficient (Wildman–Crippen LogP) is 1.14. The highest BCUT2D eigenvalue weighted by Crippen LogP contribution is 2.18. The average Bonchev–Trinajstić information content (AvgIpc) is 2.27. The SMILES string of the molecule is CCCN(Cc1cccc(B(O)O)c1)CC(F)(F)F. The van der Waals surface area contributed by atoms with Crippen molar-refractivity contribution in [2.45, 2.75) is 26.1 Å². The first-order chi connectivity index (χ1) is 8.81. The molecule has 0 atom stereocenters. The lowest BCUT2D eigenvalue weighted by Gasteiger charge is -2.23. The quantitative estimate of drug-likeness (QED) is 0.765. The molecular weight excluding hydrogens is 258 g/mol. The zero-order valence-corrected chi connectivity index (χ0v) is 10.7. The zero-order valence-electron chi connectivity index (χ0n) is 10.7. The minimum Gasteiger partial charge on any atom is -0.423 e. The highest BCUT2D eigenvalue weighted by molar-refractivity contribution is 6.58. The molecule has 0 aliphatic rings. The normalized spacial score (nSPS) is 11.9. The van der Waals surface area contributed by atoms with Gasteiger partial charge in [-0.3, -0.25) is 4.90 Å². The fraction of sp³-hybridized carbons (Fsp3) is 0.500. The van der Waals surface area contributed by atoms with Crippen molar-refractivity contribution in [1.29, 1.82) is 0 Å². The van der Waals surface area contributed by atoms with Crippen molar-refractivity contribution >= 4 is 12.6 Å². The predicted molar refractivity (Wildman–Crippen MR) is 67.9 cm³/mol. The maximum atomic E-state index is 12.4. The topological polar surface area (TPSA) is 43.7 Å². The summed E-state index contributed by atoms with van der Waals surface area (Å²) in [5.41, 5.74) is 0.907. The van der Waals surface area contributed by atoms with Crippen molar-refractivity contribution in [3.8, 4) is 0 Å². The van der Waals surface area contributed by atoms with Crippen LogP contribution in [-0.2, 0) is 6.54 Å². The largest absolute Gasteiger partial charge is 0.488 e. The number of benzene rings is 1. The Morgan fingerprint density at radius 1 is 1.26 bits per heavy atom. The molecule has 0 saturated heterocycles. The van der Waals surface area contributed by atoms with E-state index >= 15 is 0 Å². The first kappa shape index (κ1) is 16.0. The summed E-state index contributed by atoms with van der Waals surface area (Å²) in [7, 11) is -1.61. The standard InChI is InChI=1S/C12H17BF3NO2/c1-2-6-17(9-12(14,15)16)8-10-4-3-5-11(7-10)13(18)19/h3-5,7,18-19H,2,6,8-9H2,1H3. The summed E-state index contributed by atoms with van der Waals surface area (Å²) in [6.07, 6.45) is -3.61. The van der Waals surface area contributed by atoms with Crippen molar-refractivity contribution in [2.24, 2.45) is 0 Å². The van der Waals surface area contributed by atoms with Crippen molar-refractivity contribution in [3.05, 3.63) is 29.8 Å². The van der Waals surface area contributed by atoms with Gasteiger partial charge in [0.15, 0.2) is 0 Å². The maximum Gasteiger partial charge on any atom is 0.488 e. The Hall–Kier alpha value is -1.05. The first-order valence-corrected chi connectivity index (χ1v) is 6.06. The van der Waals surface area contributed by atoms with Gasteiger partial charge in [-0.05, 0) is 24.0 Å². The molecule has 0 aliphatic heterocycles. The van der Waals surface area contributed by atoms with Crippen molar-refractivity contribution in [1.82, 2.24) is 4.90 Å². The monoisotopic (exact) mass is 275 g/mol. The first-order valence-electron chi connectivity index (χ1n) is 6.06. The molecule has 106 valence electrons. The van der Waals surface area contributed by atoms with E-state index in [1.807, 2.05) is 6.92 Å². The number of alkyl halides is 3. The molecule has 1 aromatic carbocycles. The number of rotatable bonds is 6. The summed E-state index contributed by atoms with van der Waals surface area (Å²) >= 11 is 0. The van der Waals surface area contributed by atoms with Gasteiger partial charge >= 0.3 is 13.3 Å². The summed E-state index contributed by atoms with van der Waals surface area (Å²) < 4.78 is 37.3.